The standard InChI is InChI=1S/C12H19NO5S/c1-8-5-10(17-3)11(18-4)6-12(8)19(15,16)13-7-9(2)14/h5-6,9,13-14H,7H2,1-4H3/t9-/m0/s1. The Kier molecular flexibility index (Phi) is 5.16. The smallest absolute Gasteiger partial charge is 0.241 e. The average molecular weight is 289 g/mol. The van der Waals surface area contributed by atoms with Crippen LogP contribution in [0.4, 0.5) is 0 Å². The Bertz CT molecular complexity index is 539. The molecule has 0 spiro atoms. The molecule has 1 aromatic carbocycles. The summed E-state index contributed by atoms with van der Waals surface area (Å²) in [5.41, 5.74) is 0.538. The number of aliphatic hydroxyl groups is 1. The molecular formula is C12H19NO5S. The van der Waals surface area contributed by atoms with Crippen molar-refractivity contribution in [3.8, 4) is 11.5 Å². The molecule has 108 valence electrons. The summed E-state index contributed by atoms with van der Waals surface area (Å²) < 4.78 is 36.7. The van der Waals surface area contributed by atoms with Gasteiger partial charge in [0.15, 0.2) is 11.5 Å². The summed E-state index contributed by atoms with van der Waals surface area (Å²) in [5, 5.41) is 9.14. The molecule has 0 heterocycles. The fraction of sp³-hybridized carbons (Fsp3) is 0.500. The first kappa shape index (κ1) is 15.7. The molecule has 0 aliphatic carbocycles. The van der Waals surface area contributed by atoms with Gasteiger partial charge in [0.1, 0.15) is 0 Å². The van der Waals surface area contributed by atoms with Crippen LogP contribution < -0.4 is 14.2 Å². The predicted octanol–water partition coefficient (Wildman–Crippen LogP) is 0.671. The zero-order valence-electron chi connectivity index (χ0n) is 11.4. The highest BCUT2D eigenvalue weighted by atomic mass is 32.2. The Morgan fingerprint density at radius 3 is 2.26 bits per heavy atom. The molecule has 0 aliphatic rings. The molecule has 0 saturated heterocycles. The summed E-state index contributed by atoms with van der Waals surface area (Å²) in [5.74, 6) is 0.806. The quantitative estimate of drug-likeness (QED) is 0.804. The van der Waals surface area contributed by atoms with Crippen LogP contribution >= 0.6 is 0 Å². The van der Waals surface area contributed by atoms with Crippen molar-refractivity contribution in [1.29, 1.82) is 0 Å². The van der Waals surface area contributed by atoms with Crippen LogP contribution in [0.25, 0.3) is 0 Å². The molecule has 0 unspecified atom stereocenters. The molecular weight excluding hydrogens is 270 g/mol. The molecule has 0 saturated carbocycles. The molecule has 0 aliphatic heterocycles. The van der Waals surface area contributed by atoms with E-state index in [1.807, 2.05) is 0 Å². The number of rotatable bonds is 6. The number of methoxy groups -OCH3 is 2. The normalized spacial score (nSPS) is 13.1. The number of aliphatic hydroxyl groups excluding tert-OH is 1. The lowest BCUT2D eigenvalue weighted by molar-refractivity contribution is 0.198. The van der Waals surface area contributed by atoms with E-state index in [0.29, 0.717) is 17.1 Å². The minimum atomic E-state index is -3.69. The van der Waals surface area contributed by atoms with E-state index in [9.17, 15) is 8.42 Å². The molecule has 0 radical (unpaired) electrons. The molecule has 0 fully saturated rings. The van der Waals surface area contributed by atoms with E-state index >= 15 is 0 Å². The van der Waals surface area contributed by atoms with Crippen LogP contribution in [0.3, 0.4) is 0 Å². The zero-order chi connectivity index (χ0) is 14.6. The van der Waals surface area contributed by atoms with E-state index in [-0.39, 0.29) is 11.4 Å². The highest BCUT2D eigenvalue weighted by Gasteiger charge is 2.20. The maximum absolute atomic E-state index is 12.1. The third-order valence-electron chi connectivity index (χ3n) is 2.54. The maximum Gasteiger partial charge on any atom is 0.241 e. The van der Waals surface area contributed by atoms with Gasteiger partial charge in [0, 0.05) is 12.6 Å². The fourth-order valence-electron chi connectivity index (χ4n) is 1.56. The second-order valence-electron chi connectivity index (χ2n) is 4.17. The van der Waals surface area contributed by atoms with Gasteiger partial charge in [-0.05, 0) is 25.5 Å². The minimum Gasteiger partial charge on any atom is -0.493 e. The second kappa shape index (κ2) is 6.23. The summed E-state index contributed by atoms with van der Waals surface area (Å²) in [7, 11) is -0.769. The van der Waals surface area contributed by atoms with Crippen LogP contribution in [-0.2, 0) is 10.0 Å². The van der Waals surface area contributed by atoms with Gasteiger partial charge in [0.25, 0.3) is 0 Å². The van der Waals surface area contributed by atoms with Gasteiger partial charge in [0.05, 0.1) is 25.2 Å². The number of nitrogens with one attached hydrogen (secondary N) is 1. The highest BCUT2D eigenvalue weighted by Crippen LogP contribution is 2.32. The molecule has 0 aromatic heterocycles. The molecule has 19 heavy (non-hydrogen) atoms. The van der Waals surface area contributed by atoms with Crippen molar-refractivity contribution in [3.63, 3.8) is 0 Å². The van der Waals surface area contributed by atoms with Crippen LogP contribution in [0.2, 0.25) is 0 Å². The Hall–Kier alpha value is -1.31. The van der Waals surface area contributed by atoms with Crippen molar-refractivity contribution >= 4 is 10.0 Å². The number of aryl methyl sites for hydroxylation is 1. The monoisotopic (exact) mass is 289 g/mol. The number of benzene rings is 1. The van der Waals surface area contributed by atoms with E-state index < -0.39 is 16.1 Å². The van der Waals surface area contributed by atoms with Crippen LogP contribution in [0.1, 0.15) is 12.5 Å². The third kappa shape index (κ3) is 3.82. The Morgan fingerprint density at radius 1 is 1.26 bits per heavy atom. The Labute approximate surface area is 113 Å². The van der Waals surface area contributed by atoms with Gasteiger partial charge >= 0.3 is 0 Å². The van der Waals surface area contributed by atoms with Crippen molar-refractivity contribution in [2.24, 2.45) is 0 Å². The first-order valence-electron chi connectivity index (χ1n) is 5.72. The fourth-order valence-corrected chi connectivity index (χ4v) is 2.92. The van der Waals surface area contributed by atoms with Crippen molar-refractivity contribution in [2.45, 2.75) is 24.8 Å². The van der Waals surface area contributed by atoms with E-state index in [0.717, 1.165) is 0 Å². The lowest BCUT2D eigenvalue weighted by atomic mass is 10.2. The molecule has 1 aromatic rings. The topological polar surface area (TPSA) is 84.9 Å². The second-order valence-corrected chi connectivity index (χ2v) is 5.91. The van der Waals surface area contributed by atoms with Crippen LogP contribution in [0, 0.1) is 6.92 Å². The molecule has 6 nitrogen and oxygen atoms in total. The van der Waals surface area contributed by atoms with Crippen molar-refractivity contribution in [3.05, 3.63) is 17.7 Å². The maximum atomic E-state index is 12.1. The van der Waals surface area contributed by atoms with Crippen LogP contribution in [0.15, 0.2) is 17.0 Å². The third-order valence-corrected chi connectivity index (χ3v) is 4.10. The van der Waals surface area contributed by atoms with E-state index in [1.165, 1.54) is 27.2 Å². The number of sulfonamides is 1. The van der Waals surface area contributed by atoms with Gasteiger partial charge in [-0.2, -0.15) is 0 Å². The van der Waals surface area contributed by atoms with Crippen LogP contribution in [0.5, 0.6) is 11.5 Å². The molecule has 0 amide bonds. The van der Waals surface area contributed by atoms with Gasteiger partial charge in [-0.1, -0.05) is 0 Å². The highest BCUT2D eigenvalue weighted by molar-refractivity contribution is 7.89. The number of ether oxygens (including phenoxy) is 2. The zero-order valence-corrected chi connectivity index (χ0v) is 12.2. The summed E-state index contributed by atoms with van der Waals surface area (Å²) in [6.07, 6.45) is -0.754. The summed E-state index contributed by atoms with van der Waals surface area (Å²) in [6, 6.07) is 2.99. The van der Waals surface area contributed by atoms with E-state index in [2.05, 4.69) is 4.72 Å². The van der Waals surface area contributed by atoms with Gasteiger partial charge in [-0.15, -0.1) is 0 Å². The number of hydrogen-bond donors (Lipinski definition) is 2. The SMILES string of the molecule is COc1cc(C)c(S(=O)(=O)NC[C@H](C)O)cc1OC. The van der Waals surface area contributed by atoms with Gasteiger partial charge in [-0.25, -0.2) is 13.1 Å². The molecule has 7 heteroatoms. The summed E-state index contributed by atoms with van der Waals surface area (Å²) in [4.78, 5) is 0.103. The van der Waals surface area contributed by atoms with Gasteiger partial charge < -0.3 is 14.6 Å². The molecule has 1 rings (SSSR count). The minimum absolute atomic E-state index is 0.0455. The summed E-state index contributed by atoms with van der Waals surface area (Å²) in [6.45, 7) is 3.12. The van der Waals surface area contributed by atoms with Crippen molar-refractivity contribution in [1.82, 2.24) is 4.72 Å². The van der Waals surface area contributed by atoms with E-state index in [1.54, 1.807) is 13.0 Å². The Balaban J connectivity index is 3.19. The first-order valence-corrected chi connectivity index (χ1v) is 7.20. The Morgan fingerprint density at radius 2 is 1.79 bits per heavy atom. The molecule has 1 atom stereocenters. The number of hydrogen-bond acceptors (Lipinski definition) is 5. The lowest BCUT2D eigenvalue weighted by Crippen LogP contribution is -2.31. The molecule has 0 bridgehead atoms. The largest absolute Gasteiger partial charge is 0.493 e. The average Bonchev–Trinajstić information content (AvgIpc) is 2.35. The van der Waals surface area contributed by atoms with Crippen molar-refractivity contribution < 1.29 is 23.0 Å². The lowest BCUT2D eigenvalue weighted by Gasteiger charge is -2.14. The van der Waals surface area contributed by atoms with E-state index in [4.69, 9.17) is 14.6 Å². The molecule has 2 N–H and O–H groups in total. The van der Waals surface area contributed by atoms with Crippen molar-refractivity contribution in [2.75, 3.05) is 20.8 Å². The predicted molar refractivity (Wildman–Crippen MR) is 71.2 cm³/mol. The van der Waals surface area contributed by atoms with Gasteiger partial charge in [-0.3, -0.25) is 0 Å². The first-order chi connectivity index (χ1) is 8.81. The van der Waals surface area contributed by atoms with Gasteiger partial charge in [0.2, 0.25) is 10.0 Å². The van der Waals surface area contributed by atoms with Crippen LogP contribution in [-0.4, -0.2) is 40.4 Å². The summed E-state index contributed by atoms with van der Waals surface area (Å²) >= 11 is 0.